The zero-order chi connectivity index (χ0) is 13.8. The summed E-state index contributed by atoms with van der Waals surface area (Å²) in [6, 6.07) is 8.84. The van der Waals surface area contributed by atoms with E-state index in [1.54, 1.807) is 12.1 Å². The monoisotopic (exact) mass is 258 g/mol. The van der Waals surface area contributed by atoms with Crippen LogP contribution < -0.4 is 10.9 Å². The van der Waals surface area contributed by atoms with Gasteiger partial charge in [-0.2, -0.15) is 0 Å². The third-order valence-corrected chi connectivity index (χ3v) is 2.47. The van der Waals surface area contributed by atoms with Gasteiger partial charge in [0.1, 0.15) is 5.56 Å². The number of hydrogen-bond acceptors (Lipinski definition) is 3. The Morgan fingerprint density at radius 1 is 1.05 bits per heavy atom. The van der Waals surface area contributed by atoms with E-state index in [1.807, 2.05) is 0 Å². The number of H-pyrrole nitrogens is 1. The number of nitrogens with one attached hydrogen (secondary N) is 2. The van der Waals surface area contributed by atoms with Crippen LogP contribution in [0, 0.1) is 0 Å². The van der Waals surface area contributed by atoms with E-state index < -0.39 is 17.4 Å². The van der Waals surface area contributed by atoms with Gasteiger partial charge in [0.15, 0.2) is 0 Å². The minimum atomic E-state index is -1.15. The number of carboxylic acid groups (broad SMARTS) is 1. The van der Waals surface area contributed by atoms with E-state index in [1.165, 1.54) is 30.5 Å². The number of hydrogen-bond donors (Lipinski definition) is 3. The summed E-state index contributed by atoms with van der Waals surface area (Å²) in [5.74, 6) is -1.81. The number of carbonyl (C=O) groups is 2. The van der Waals surface area contributed by atoms with Gasteiger partial charge in [-0.05, 0) is 24.3 Å². The van der Waals surface area contributed by atoms with Crippen molar-refractivity contribution in [2.75, 3.05) is 5.32 Å². The molecule has 1 aromatic heterocycles. The van der Waals surface area contributed by atoms with Gasteiger partial charge in [-0.15, -0.1) is 0 Å². The Balaban J connectivity index is 2.33. The zero-order valence-electron chi connectivity index (χ0n) is 9.71. The van der Waals surface area contributed by atoms with Gasteiger partial charge in [0, 0.05) is 6.20 Å². The number of benzene rings is 1. The van der Waals surface area contributed by atoms with Gasteiger partial charge in [0.2, 0.25) is 0 Å². The Hall–Kier alpha value is -2.89. The highest BCUT2D eigenvalue weighted by atomic mass is 16.4. The molecule has 0 aliphatic rings. The molecule has 1 amide bonds. The first-order valence-corrected chi connectivity index (χ1v) is 5.41. The van der Waals surface area contributed by atoms with E-state index in [0.29, 0.717) is 0 Å². The summed E-state index contributed by atoms with van der Waals surface area (Å²) in [4.78, 5) is 36.7. The van der Waals surface area contributed by atoms with Crippen LogP contribution in [0.3, 0.4) is 0 Å². The van der Waals surface area contributed by atoms with E-state index in [9.17, 15) is 14.4 Å². The molecule has 19 heavy (non-hydrogen) atoms. The van der Waals surface area contributed by atoms with Crippen LogP contribution in [-0.4, -0.2) is 22.0 Å². The molecule has 0 saturated carbocycles. The number of amides is 1. The largest absolute Gasteiger partial charge is 0.478 e. The molecule has 0 spiro atoms. The second-order valence-corrected chi connectivity index (χ2v) is 3.72. The summed E-state index contributed by atoms with van der Waals surface area (Å²) in [6.45, 7) is 0. The average Bonchev–Trinajstić information content (AvgIpc) is 2.39. The van der Waals surface area contributed by atoms with Crippen molar-refractivity contribution >= 4 is 17.6 Å². The number of carbonyl (C=O) groups excluding carboxylic acids is 1. The average molecular weight is 258 g/mol. The summed E-state index contributed by atoms with van der Waals surface area (Å²) in [6.07, 6.45) is 1.41. The molecule has 1 heterocycles. The van der Waals surface area contributed by atoms with Crippen molar-refractivity contribution in [2.45, 2.75) is 0 Å². The Morgan fingerprint density at radius 2 is 1.74 bits per heavy atom. The fourth-order valence-electron chi connectivity index (χ4n) is 1.57. The number of anilines is 1. The summed E-state index contributed by atoms with van der Waals surface area (Å²) < 4.78 is 0. The second-order valence-electron chi connectivity index (χ2n) is 3.72. The molecule has 0 aliphatic carbocycles. The first kappa shape index (κ1) is 12.6. The van der Waals surface area contributed by atoms with Gasteiger partial charge in [0.05, 0.1) is 11.3 Å². The maximum atomic E-state index is 11.9. The highest BCUT2D eigenvalue weighted by Gasteiger charge is 2.14. The maximum absolute atomic E-state index is 11.9. The Kier molecular flexibility index (Phi) is 3.42. The van der Waals surface area contributed by atoms with Gasteiger partial charge >= 0.3 is 5.97 Å². The minimum absolute atomic E-state index is 0.0387. The van der Waals surface area contributed by atoms with Crippen LogP contribution >= 0.6 is 0 Å². The number of rotatable bonds is 3. The number of para-hydroxylation sites is 1. The van der Waals surface area contributed by atoms with Gasteiger partial charge < -0.3 is 15.4 Å². The lowest BCUT2D eigenvalue weighted by atomic mass is 10.1. The molecule has 6 nitrogen and oxygen atoms in total. The van der Waals surface area contributed by atoms with E-state index in [4.69, 9.17) is 5.11 Å². The smallest absolute Gasteiger partial charge is 0.337 e. The Bertz CT molecular complexity index is 691. The molecule has 3 N–H and O–H groups in total. The fourth-order valence-corrected chi connectivity index (χ4v) is 1.57. The number of carboxylic acids is 1. The van der Waals surface area contributed by atoms with Crippen molar-refractivity contribution < 1.29 is 14.7 Å². The van der Waals surface area contributed by atoms with Crippen LogP contribution in [-0.2, 0) is 0 Å². The molecule has 2 aromatic rings. The van der Waals surface area contributed by atoms with Gasteiger partial charge in [-0.3, -0.25) is 9.59 Å². The molecule has 2 rings (SSSR count). The van der Waals surface area contributed by atoms with Crippen LogP contribution in [0.2, 0.25) is 0 Å². The van der Waals surface area contributed by atoms with Gasteiger partial charge in [-0.1, -0.05) is 12.1 Å². The summed E-state index contributed by atoms with van der Waals surface area (Å²) in [5.41, 5.74) is -0.512. The highest BCUT2D eigenvalue weighted by molar-refractivity contribution is 6.07. The van der Waals surface area contributed by atoms with Crippen molar-refractivity contribution in [1.29, 1.82) is 0 Å². The first-order chi connectivity index (χ1) is 9.09. The minimum Gasteiger partial charge on any atom is -0.478 e. The first-order valence-electron chi connectivity index (χ1n) is 5.41. The third-order valence-electron chi connectivity index (χ3n) is 2.47. The summed E-state index contributed by atoms with van der Waals surface area (Å²) in [7, 11) is 0. The highest BCUT2D eigenvalue weighted by Crippen LogP contribution is 2.15. The standard InChI is InChI=1S/C13H10N2O4/c16-11-9(5-3-7-14-11)12(17)15-10-6-2-1-4-8(10)13(18)19/h1-7H,(H,14,16)(H,15,17)(H,18,19). The number of aromatic carboxylic acids is 1. The van der Waals surface area contributed by atoms with Gasteiger partial charge in [0.25, 0.3) is 11.5 Å². The predicted octanol–water partition coefficient (Wildman–Crippen LogP) is 1.33. The van der Waals surface area contributed by atoms with E-state index in [0.717, 1.165) is 0 Å². The quantitative estimate of drug-likeness (QED) is 0.773. The predicted molar refractivity (Wildman–Crippen MR) is 68.4 cm³/mol. The van der Waals surface area contributed by atoms with Crippen molar-refractivity contribution in [3.8, 4) is 0 Å². The molecular formula is C13H10N2O4. The molecule has 0 bridgehead atoms. The molecule has 6 heteroatoms. The van der Waals surface area contributed by atoms with Crippen LogP contribution in [0.5, 0.6) is 0 Å². The molecule has 0 fully saturated rings. The second kappa shape index (κ2) is 5.18. The molecule has 0 unspecified atom stereocenters. The van der Waals surface area contributed by atoms with E-state index >= 15 is 0 Å². The molecule has 0 atom stereocenters. The topological polar surface area (TPSA) is 99.3 Å². The molecule has 0 aliphatic heterocycles. The SMILES string of the molecule is O=C(O)c1ccccc1NC(=O)c1ccc[nH]c1=O. The number of aromatic nitrogens is 1. The number of pyridine rings is 1. The Morgan fingerprint density at radius 3 is 2.42 bits per heavy atom. The molecule has 96 valence electrons. The van der Waals surface area contributed by atoms with E-state index in [-0.39, 0.29) is 16.8 Å². The molecule has 0 saturated heterocycles. The summed E-state index contributed by atoms with van der Waals surface area (Å²) >= 11 is 0. The fraction of sp³-hybridized carbons (Fsp3) is 0. The molecule has 0 radical (unpaired) electrons. The lowest BCUT2D eigenvalue weighted by Crippen LogP contribution is -2.23. The zero-order valence-corrected chi connectivity index (χ0v) is 9.71. The van der Waals surface area contributed by atoms with Crippen LogP contribution in [0.15, 0.2) is 47.4 Å². The lowest BCUT2D eigenvalue weighted by Gasteiger charge is -2.07. The Labute approximate surface area is 107 Å². The lowest BCUT2D eigenvalue weighted by molar-refractivity contribution is 0.0698. The van der Waals surface area contributed by atoms with Crippen molar-refractivity contribution in [2.24, 2.45) is 0 Å². The number of aromatic amines is 1. The van der Waals surface area contributed by atoms with Gasteiger partial charge in [-0.25, -0.2) is 4.79 Å². The van der Waals surface area contributed by atoms with Crippen molar-refractivity contribution in [3.63, 3.8) is 0 Å². The van der Waals surface area contributed by atoms with Crippen LogP contribution in [0.4, 0.5) is 5.69 Å². The normalized spacial score (nSPS) is 9.89. The molecule has 1 aromatic carbocycles. The molecular weight excluding hydrogens is 248 g/mol. The summed E-state index contributed by atoms with van der Waals surface area (Å²) in [5, 5.41) is 11.4. The van der Waals surface area contributed by atoms with Crippen molar-refractivity contribution in [1.82, 2.24) is 4.98 Å². The van der Waals surface area contributed by atoms with Crippen molar-refractivity contribution in [3.05, 3.63) is 64.1 Å². The van der Waals surface area contributed by atoms with Crippen LogP contribution in [0.1, 0.15) is 20.7 Å². The maximum Gasteiger partial charge on any atom is 0.337 e. The van der Waals surface area contributed by atoms with Crippen LogP contribution in [0.25, 0.3) is 0 Å². The third kappa shape index (κ3) is 2.68. The van der Waals surface area contributed by atoms with E-state index in [2.05, 4.69) is 10.3 Å².